The van der Waals surface area contributed by atoms with Crippen LogP contribution in [0.15, 0.2) is 187 Å². The van der Waals surface area contributed by atoms with Gasteiger partial charge < -0.3 is 4.42 Å². The smallest absolute Gasteiger partial charge is 0.181 e. The van der Waals surface area contributed by atoms with Gasteiger partial charge in [-0.2, -0.15) is 0 Å². The number of para-hydroxylation sites is 1. The lowest BCUT2D eigenvalue weighted by atomic mass is 9.99. The summed E-state index contributed by atoms with van der Waals surface area (Å²) in [7, 11) is 0. The molecule has 0 amide bonds. The van der Waals surface area contributed by atoms with E-state index in [1.165, 1.54) is 27.5 Å². The van der Waals surface area contributed by atoms with Crippen molar-refractivity contribution in [3.63, 3.8) is 0 Å². The fourth-order valence-electron chi connectivity index (χ4n) is 6.81. The minimum Gasteiger partial charge on any atom is -0.452 e. The molecule has 0 unspecified atom stereocenters. The number of furan rings is 1. The number of fused-ring (bicyclic) bond motifs is 5. The Morgan fingerprint density at radius 1 is 0.438 bits per heavy atom. The highest BCUT2D eigenvalue weighted by molar-refractivity contribution is 6.20. The van der Waals surface area contributed by atoms with E-state index in [0.717, 1.165) is 55.8 Å². The number of benzene rings is 7. The first-order chi connectivity index (χ1) is 23.8. The molecular formula is C45H30N2O. The molecule has 0 bridgehead atoms. The number of aromatic nitrogens is 1. The van der Waals surface area contributed by atoms with Crippen LogP contribution in [0.4, 0.5) is 17.2 Å². The number of hydrogen-bond acceptors (Lipinski definition) is 3. The van der Waals surface area contributed by atoms with Crippen molar-refractivity contribution in [2.24, 2.45) is 0 Å². The van der Waals surface area contributed by atoms with Gasteiger partial charge in [0.15, 0.2) is 11.4 Å². The van der Waals surface area contributed by atoms with Crippen LogP contribution in [0, 0.1) is 0 Å². The predicted molar refractivity (Wildman–Crippen MR) is 200 cm³/mol. The molecule has 0 saturated heterocycles. The molecule has 3 nitrogen and oxygen atoms in total. The standard InChI is InChI=1S/C45H30N2O/c1-3-11-31(12-4-1)32-19-21-33(22-20-32)34-23-26-37(27-24-34)47(41-18-10-9-16-38(41)35-13-5-2-6-14-35)45-44-40(29-30-46-45)43-39-17-8-7-15-36(39)25-28-42(43)48-44/h1-30H. The highest BCUT2D eigenvalue weighted by Gasteiger charge is 2.23. The summed E-state index contributed by atoms with van der Waals surface area (Å²) in [6.07, 6.45) is 1.90. The maximum Gasteiger partial charge on any atom is 0.181 e. The van der Waals surface area contributed by atoms with E-state index in [-0.39, 0.29) is 0 Å². The zero-order chi connectivity index (χ0) is 31.9. The average Bonchev–Trinajstić information content (AvgIpc) is 3.56. The molecule has 2 aromatic heterocycles. The van der Waals surface area contributed by atoms with Gasteiger partial charge in [-0.05, 0) is 68.9 Å². The molecule has 9 rings (SSSR count). The van der Waals surface area contributed by atoms with E-state index in [2.05, 4.69) is 175 Å². The van der Waals surface area contributed by atoms with Crippen molar-refractivity contribution >= 4 is 49.9 Å². The third-order valence-electron chi connectivity index (χ3n) is 9.15. The van der Waals surface area contributed by atoms with E-state index < -0.39 is 0 Å². The van der Waals surface area contributed by atoms with Crippen molar-refractivity contribution in [1.82, 2.24) is 4.98 Å². The van der Waals surface area contributed by atoms with E-state index in [1.807, 2.05) is 12.3 Å². The van der Waals surface area contributed by atoms with Gasteiger partial charge in [-0.3, -0.25) is 4.90 Å². The van der Waals surface area contributed by atoms with Gasteiger partial charge in [0.25, 0.3) is 0 Å². The minimum atomic E-state index is 0.746. The van der Waals surface area contributed by atoms with Crippen LogP contribution in [0.1, 0.15) is 0 Å². The molecule has 0 aliphatic rings. The van der Waals surface area contributed by atoms with Gasteiger partial charge in [0, 0.05) is 28.2 Å². The summed E-state index contributed by atoms with van der Waals surface area (Å²) < 4.78 is 6.70. The first kappa shape index (κ1) is 27.8. The van der Waals surface area contributed by atoms with Crippen LogP contribution < -0.4 is 4.90 Å². The van der Waals surface area contributed by atoms with E-state index >= 15 is 0 Å². The number of hydrogen-bond donors (Lipinski definition) is 0. The summed E-state index contributed by atoms with van der Waals surface area (Å²) in [5.41, 5.74) is 10.6. The summed E-state index contributed by atoms with van der Waals surface area (Å²) in [6.45, 7) is 0. The molecule has 0 radical (unpaired) electrons. The Bertz CT molecular complexity index is 2540. The van der Waals surface area contributed by atoms with Crippen LogP contribution in [0.3, 0.4) is 0 Å². The Labute approximate surface area is 279 Å². The lowest BCUT2D eigenvalue weighted by Crippen LogP contribution is -2.13. The van der Waals surface area contributed by atoms with Gasteiger partial charge in [0.05, 0.1) is 5.69 Å². The second-order valence-corrected chi connectivity index (χ2v) is 12.0. The third-order valence-corrected chi connectivity index (χ3v) is 9.15. The topological polar surface area (TPSA) is 29.3 Å². The Morgan fingerprint density at radius 2 is 1.02 bits per heavy atom. The number of anilines is 3. The van der Waals surface area contributed by atoms with Crippen molar-refractivity contribution in [2.45, 2.75) is 0 Å². The van der Waals surface area contributed by atoms with Gasteiger partial charge in [-0.25, -0.2) is 4.98 Å². The maximum absolute atomic E-state index is 6.70. The first-order valence-electron chi connectivity index (χ1n) is 16.2. The van der Waals surface area contributed by atoms with Crippen molar-refractivity contribution in [2.75, 3.05) is 4.90 Å². The fourth-order valence-corrected chi connectivity index (χ4v) is 6.81. The summed E-state index contributed by atoms with van der Waals surface area (Å²) in [4.78, 5) is 7.26. The molecule has 0 N–H and O–H groups in total. The van der Waals surface area contributed by atoms with E-state index in [4.69, 9.17) is 9.40 Å². The molecule has 0 fully saturated rings. The maximum atomic E-state index is 6.70. The van der Waals surface area contributed by atoms with E-state index in [1.54, 1.807) is 0 Å². The van der Waals surface area contributed by atoms with Gasteiger partial charge >= 0.3 is 0 Å². The number of nitrogens with zero attached hydrogens (tertiary/aromatic N) is 2. The van der Waals surface area contributed by atoms with Crippen LogP contribution >= 0.6 is 0 Å². The minimum absolute atomic E-state index is 0.746. The highest BCUT2D eigenvalue weighted by atomic mass is 16.3. The third kappa shape index (κ3) is 4.81. The molecule has 0 spiro atoms. The Balaban J connectivity index is 1.21. The first-order valence-corrected chi connectivity index (χ1v) is 16.2. The average molecular weight is 615 g/mol. The van der Waals surface area contributed by atoms with Gasteiger partial charge in [0.1, 0.15) is 5.58 Å². The lowest BCUT2D eigenvalue weighted by Gasteiger charge is -2.27. The van der Waals surface area contributed by atoms with Crippen LogP contribution in [-0.4, -0.2) is 4.98 Å². The second kappa shape index (κ2) is 11.7. The number of pyridine rings is 1. The van der Waals surface area contributed by atoms with Crippen molar-refractivity contribution in [1.29, 1.82) is 0 Å². The second-order valence-electron chi connectivity index (χ2n) is 12.0. The molecule has 3 heteroatoms. The van der Waals surface area contributed by atoms with Crippen LogP contribution in [0.5, 0.6) is 0 Å². The van der Waals surface area contributed by atoms with Crippen molar-refractivity contribution in [3.8, 4) is 33.4 Å². The van der Waals surface area contributed by atoms with Crippen LogP contribution in [-0.2, 0) is 0 Å². The Kier molecular flexibility index (Phi) is 6.80. The quantitative estimate of drug-likeness (QED) is 0.187. The van der Waals surface area contributed by atoms with Crippen LogP contribution in [0.2, 0.25) is 0 Å². The zero-order valence-electron chi connectivity index (χ0n) is 26.1. The molecule has 9 aromatic rings. The molecular weight excluding hydrogens is 585 g/mol. The van der Waals surface area contributed by atoms with Crippen molar-refractivity contribution in [3.05, 3.63) is 182 Å². The Hall–Kier alpha value is -6.45. The van der Waals surface area contributed by atoms with Gasteiger partial charge in [0.2, 0.25) is 0 Å². The number of rotatable bonds is 6. The van der Waals surface area contributed by atoms with E-state index in [0.29, 0.717) is 0 Å². The molecule has 0 saturated carbocycles. The molecule has 48 heavy (non-hydrogen) atoms. The van der Waals surface area contributed by atoms with Gasteiger partial charge in [-0.1, -0.05) is 146 Å². The summed E-state index contributed by atoms with van der Waals surface area (Å²) in [5, 5.41) is 4.51. The monoisotopic (exact) mass is 614 g/mol. The molecule has 0 aliphatic carbocycles. The van der Waals surface area contributed by atoms with E-state index in [9.17, 15) is 0 Å². The summed E-state index contributed by atoms with van der Waals surface area (Å²) in [5.74, 6) is 0.746. The summed E-state index contributed by atoms with van der Waals surface area (Å²) >= 11 is 0. The predicted octanol–water partition coefficient (Wildman–Crippen LogP) is 12.6. The molecule has 0 aliphatic heterocycles. The fraction of sp³-hybridized carbons (Fsp3) is 0. The molecule has 7 aromatic carbocycles. The zero-order valence-corrected chi connectivity index (χ0v) is 26.1. The summed E-state index contributed by atoms with van der Waals surface area (Å²) in [6, 6.07) is 61.8. The lowest BCUT2D eigenvalue weighted by molar-refractivity contribution is 0.667. The van der Waals surface area contributed by atoms with Crippen LogP contribution in [0.25, 0.3) is 66.1 Å². The normalized spacial score (nSPS) is 11.3. The molecule has 0 atom stereocenters. The Morgan fingerprint density at radius 3 is 1.75 bits per heavy atom. The highest BCUT2D eigenvalue weighted by Crippen LogP contribution is 2.45. The largest absolute Gasteiger partial charge is 0.452 e. The van der Waals surface area contributed by atoms with Crippen molar-refractivity contribution < 1.29 is 4.42 Å². The SMILES string of the molecule is c1ccc(-c2ccc(-c3ccc(N(c4ccccc4-c4ccccc4)c4nccc5c4oc4ccc6ccccc6c45)cc3)cc2)cc1. The molecule has 226 valence electrons. The molecule has 2 heterocycles. The van der Waals surface area contributed by atoms with Gasteiger partial charge in [-0.15, -0.1) is 0 Å².